The molecule has 2 atom stereocenters. The number of fused-ring (bicyclic) bond motifs is 1. The first-order valence-electron chi connectivity index (χ1n) is 11.5. The molecule has 1 saturated heterocycles. The number of carboxylic acids is 1. The van der Waals surface area contributed by atoms with Gasteiger partial charge in [0.1, 0.15) is 23.4 Å². The van der Waals surface area contributed by atoms with Gasteiger partial charge in [0.15, 0.2) is 0 Å². The molecule has 3 heterocycles. The maximum Gasteiger partial charge on any atom is 0.408 e. The maximum atomic E-state index is 11.5. The van der Waals surface area contributed by atoms with Crippen LogP contribution in [0.25, 0.3) is 22.3 Å². The Morgan fingerprint density at radius 2 is 2.03 bits per heavy atom. The van der Waals surface area contributed by atoms with E-state index in [-0.39, 0.29) is 19.0 Å². The summed E-state index contributed by atoms with van der Waals surface area (Å²) in [5.41, 5.74) is 3.36. The highest BCUT2D eigenvalue weighted by atomic mass is 16.5. The number of anilines is 1. The number of likely N-dealkylation sites (tertiary alicyclic amines) is 1. The number of nitrogens with one attached hydrogen (secondary N) is 2. The number of carboxylic acid groups (broad SMARTS) is 2. The fourth-order valence-electron chi connectivity index (χ4n) is 4.62. The lowest BCUT2D eigenvalue weighted by molar-refractivity contribution is -0.141. The number of nitrogens with zero attached hydrogens (tertiary/aromatic N) is 4. The van der Waals surface area contributed by atoms with Crippen LogP contribution in [0.3, 0.4) is 0 Å². The van der Waals surface area contributed by atoms with Crippen molar-refractivity contribution in [3.8, 4) is 17.0 Å². The molecule has 1 aliphatic rings. The summed E-state index contributed by atoms with van der Waals surface area (Å²) < 4.78 is 7.70. The van der Waals surface area contributed by atoms with E-state index >= 15 is 0 Å². The zero-order valence-corrected chi connectivity index (χ0v) is 20.0. The fourth-order valence-corrected chi connectivity index (χ4v) is 4.62. The Morgan fingerprint density at radius 1 is 1.23 bits per heavy atom. The van der Waals surface area contributed by atoms with Gasteiger partial charge in [0.25, 0.3) is 0 Å². The van der Waals surface area contributed by atoms with Crippen LogP contribution in [0.1, 0.15) is 18.7 Å². The number of methoxy groups -OCH3 is 1. The topological polar surface area (TPSA) is 142 Å². The molecule has 35 heavy (non-hydrogen) atoms. The van der Waals surface area contributed by atoms with E-state index in [1.807, 2.05) is 38.2 Å². The van der Waals surface area contributed by atoms with Crippen molar-refractivity contribution in [2.45, 2.75) is 38.4 Å². The summed E-state index contributed by atoms with van der Waals surface area (Å²) in [6, 6.07) is 7.95. The van der Waals surface area contributed by atoms with Crippen LogP contribution in [0.4, 0.5) is 10.6 Å². The largest absolute Gasteiger partial charge is 0.497 e. The molecule has 0 saturated carbocycles. The molecule has 2 aromatic heterocycles. The van der Waals surface area contributed by atoms with Crippen molar-refractivity contribution in [1.29, 1.82) is 0 Å². The van der Waals surface area contributed by atoms with Gasteiger partial charge in [-0.05, 0) is 45.1 Å². The number of aromatic nitrogens is 3. The van der Waals surface area contributed by atoms with Crippen LogP contribution in [0.2, 0.25) is 0 Å². The van der Waals surface area contributed by atoms with Crippen molar-refractivity contribution in [3.05, 3.63) is 36.2 Å². The predicted molar refractivity (Wildman–Crippen MR) is 131 cm³/mol. The molecule has 11 heteroatoms. The molecular weight excluding hydrogens is 452 g/mol. The normalized spacial score (nSPS) is 17.6. The van der Waals surface area contributed by atoms with Crippen LogP contribution >= 0.6 is 0 Å². The Labute approximate surface area is 202 Å². The Balaban J connectivity index is 1.68. The van der Waals surface area contributed by atoms with Gasteiger partial charge in [-0.25, -0.2) is 19.6 Å². The highest BCUT2D eigenvalue weighted by Crippen LogP contribution is 2.34. The molecule has 0 radical (unpaired) electrons. The molecule has 4 rings (SSSR count). The fraction of sp³-hybridized carbons (Fsp3) is 0.417. The lowest BCUT2D eigenvalue weighted by Crippen LogP contribution is -2.39. The quantitative estimate of drug-likeness (QED) is 0.339. The number of pyridine rings is 1. The van der Waals surface area contributed by atoms with Crippen LogP contribution in [-0.4, -0.2) is 81.0 Å². The molecule has 1 aromatic carbocycles. The van der Waals surface area contributed by atoms with Crippen molar-refractivity contribution < 1.29 is 24.5 Å². The predicted octanol–water partition coefficient (Wildman–Crippen LogP) is 2.64. The van der Waals surface area contributed by atoms with E-state index in [2.05, 4.69) is 15.2 Å². The summed E-state index contributed by atoms with van der Waals surface area (Å²) in [5, 5.41) is 25.1. The van der Waals surface area contributed by atoms with E-state index in [9.17, 15) is 19.8 Å². The number of hydrogen-bond donors (Lipinski definition) is 4. The van der Waals surface area contributed by atoms with Gasteiger partial charge in [-0.3, -0.25) is 4.90 Å². The van der Waals surface area contributed by atoms with Crippen LogP contribution in [0.5, 0.6) is 5.75 Å². The van der Waals surface area contributed by atoms with E-state index in [1.165, 1.54) is 0 Å². The van der Waals surface area contributed by atoms with Gasteiger partial charge in [-0.15, -0.1) is 0 Å². The smallest absolute Gasteiger partial charge is 0.408 e. The van der Waals surface area contributed by atoms with Gasteiger partial charge in [0.05, 0.1) is 23.8 Å². The lowest BCUT2D eigenvalue weighted by atomic mass is 10.1. The zero-order valence-electron chi connectivity index (χ0n) is 20.0. The number of carbonyl (C=O) groups is 2. The van der Waals surface area contributed by atoms with Crippen LogP contribution in [0.15, 0.2) is 30.3 Å². The van der Waals surface area contributed by atoms with E-state index in [4.69, 9.17) is 14.7 Å². The third-order valence-corrected chi connectivity index (χ3v) is 6.26. The number of amides is 1. The zero-order chi connectivity index (χ0) is 25.1. The number of ether oxygens (including phenoxy) is 1. The number of aryl methyl sites for hydroxylation is 2. The summed E-state index contributed by atoms with van der Waals surface area (Å²) >= 11 is 0. The number of benzene rings is 1. The van der Waals surface area contributed by atoms with E-state index in [0.29, 0.717) is 17.3 Å². The molecule has 11 nitrogen and oxygen atoms in total. The first-order chi connectivity index (χ1) is 16.8. The first kappa shape index (κ1) is 24.3. The Hall–Kier alpha value is -3.86. The molecule has 0 aliphatic carbocycles. The van der Waals surface area contributed by atoms with Crippen molar-refractivity contribution in [3.63, 3.8) is 0 Å². The number of aliphatic carboxylic acids is 1. The Morgan fingerprint density at radius 3 is 2.69 bits per heavy atom. The van der Waals surface area contributed by atoms with Crippen molar-refractivity contribution in [2.75, 3.05) is 32.6 Å². The van der Waals surface area contributed by atoms with Gasteiger partial charge < -0.3 is 30.2 Å². The molecular formula is C24H30N6O5. The number of rotatable bonds is 9. The van der Waals surface area contributed by atoms with E-state index < -0.39 is 18.1 Å². The highest BCUT2D eigenvalue weighted by Gasteiger charge is 2.39. The minimum Gasteiger partial charge on any atom is -0.497 e. The molecule has 186 valence electrons. The van der Waals surface area contributed by atoms with Gasteiger partial charge in [-0.2, -0.15) is 0 Å². The summed E-state index contributed by atoms with van der Waals surface area (Å²) in [6.07, 6.45) is -0.145. The van der Waals surface area contributed by atoms with Crippen LogP contribution in [-0.2, 0) is 11.3 Å². The summed E-state index contributed by atoms with van der Waals surface area (Å²) in [4.78, 5) is 33.4. The van der Waals surface area contributed by atoms with Crippen molar-refractivity contribution in [1.82, 2.24) is 24.8 Å². The molecule has 0 bridgehead atoms. The minimum atomic E-state index is -1.25. The first-order valence-corrected chi connectivity index (χ1v) is 11.5. The summed E-state index contributed by atoms with van der Waals surface area (Å²) in [6.45, 7) is 3.73. The molecule has 0 spiro atoms. The summed E-state index contributed by atoms with van der Waals surface area (Å²) in [7, 11) is 3.54. The van der Waals surface area contributed by atoms with E-state index in [0.717, 1.165) is 46.8 Å². The van der Waals surface area contributed by atoms with Crippen molar-refractivity contribution in [2.24, 2.45) is 0 Å². The van der Waals surface area contributed by atoms with Gasteiger partial charge in [-0.1, -0.05) is 6.07 Å². The van der Waals surface area contributed by atoms with Gasteiger partial charge >= 0.3 is 12.1 Å². The average Bonchev–Trinajstić information content (AvgIpc) is 3.40. The third-order valence-electron chi connectivity index (χ3n) is 6.26. The highest BCUT2D eigenvalue weighted by molar-refractivity contribution is 5.93. The number of imidazole rings is 1. The second-order valence-corrected chi connectivity index (χ2v) is 8.58. The van der Waals surface area contributed by atoms with E-state index in [1.54, 1.807) is 13.2 Å². The monoisotopic (exact) mass is 482 g/mol. The standard InChI is InChI=1S/C24H30N6O5/c1-14-26-19-12-16(35-3)11-17(22(19)29(14)9-5-8-25-2)18-6-4-7-21(28-18)27-15-10-20(23(31)32)30(13-15)24(33)34/h4,6-7,11-12,15,20,25H,5,8-10,13H2,1-3H3,(H,27,28)(H,31,32)(H,33,34)/t15-,20-/m0/s1. The summed E-state index contributed by atoms with van der Waals surface area (Å²) in [5.74, 6) is 0.959. The molecule has 1 fully saturated rings. The van der Waals surface area contributed by atoms with Gasteiger partial charge in [0, 0.05) is 37.2 Å². The second-order valence-electron chi connectivity index (χ2n) is 8.58. The van der Waals surface area contributed by atoms with Crippen molar-refractivity contribution >= 4 is 28.9 Å². The number of hydrogen-bond acceptors (Lipinski definition) is 7. The molecule has 1 amide bonds. The SMILES string of the molecule is CNCCCn1c(C)nc2cc(OC)cc(-c3cccc(N[C@H]4C[C@@H](C(=O)O)N(C(=O)O)C4)n3)c21. The Bertz CT molecular complexity index is 1220. The van der Waals surface area contributed by atoms with Crippen LogP contribution < -0.4 is 15.4 Å². The molecule has 0 unspecified atom stereocenters. The molecule has 4 N–H and O–H groups in total. The molecule has 1 aliphatic heterocycles. The second kappa shape index (κ2) is 10.2. The third kappa shape index (κ3) is 4.99. The maximum absolute atomic E-state index is 11.5. The molecule has 3 aromatic rings. The Kier molecular flexibility index (Phi) is 7.06. The average molecular weight is 483 g/mol. The van der Waals surface area contributed by atoms with Crippen LogP contribution in [0, 0.1) is 6.92 Å². The lowest BCUT2D eigenvalue weighted by Gasteiger charge is -2.17. The van der Waals surface area contributed by atoms with Gasteiger partial charge in [0.2, 0.25) is 0 Å². The minimum absolute atomic E-state index is 0.0685.